The van der Waals surface area contributed by atoms with Gasteiger partial charge in [-0.3, -0.25) is 4.79 Å². The Morgan fingerprint density at radius 2 is 2.06 bits per heavy atom. The molecule has 2 aromatic rings. The summed E-state index contributed by atoms with van der Waals surface area (Å²) in [6, 6.07) is 6.17. The standard InChI is InChI=1S/C12H12N2O3/c1-7(11(13)15)14-6-5-8-3-2-4-9(10(8)14)12(16)17/h2-7H,1H3,(H2,13,15)(H,16,17). The van der Waals surface area contributed by atoms with Crippen molar-refractivity contribution in [2.24, 2.45) is 5.73 Å². The third kappa shape index (κ3) is 1.75. The van der Waals surface area contributed by atoms with Crippen molar-refractivity contribution < 1.29 is 14.7 Å². The van der Waals surface area contributed by atoms with Gasteiger partial charge in [0.1, 0.15) is 6.04 Å². The maximum atomic E-state index is 11.2. The summed E-state index contributed by atoms with van der Waals surface area (Å²) in [5.74, 6) is -1.52. The summed E-state index contributed by atoms with van der Waals surface area (Å²) < 4.78 is 1.58. The molecule has 1 heterocycles. The van der Waals surface area contributed by atoms with Gasteiger partial charge in [-0.15, -0.1) is 0 Å². The Kier molecular flexibility index (Phi) is 2.59. The topological polar surface area (TPSA) is 85.3 Å². The number of hydrogen-bond acceptors (Lipinski definition) is 2. The number of benzene rings is 1. The average molecular weight is 232 g/mol. The Bertz CT molecular complexity index is 601. The summed E-state index contributed by atoms with van der Waals surface area (Å²) in [6.45, 7) is 1.64. The fraction of sp³-hybridized carbons (Fsp3) is 0.167. The van der Waals surface area contributed by atoms with Crippen molar-refractivity contribution in [1.29, 1.82) is 0 Å². The first-order valence-corrected chi connectivity index (χ1v) is 5.14. The Labute approximate surface area is 97.4 Å². The number of carbonyl (C=O) groups is 2. The molecule has 0 saturated heterocycles. The van der Waals surface area contributed by atoms with Crippen LogP contribution in [0.2, 0.25) is 0 Å². The third-order valence-electron chi connectivity index (χ3n) is 2.80. The number of nitrogens with zero attached hydrogens (tertiary/aromatic N) is 1. The molecule has 2 rings (SSSR count). The molecule has 1 aromatic carbocycles. The van der Waals surface area contributed by atoms with Gasteiger partial charge >= 0.3 is 5.97 Å². The largest absolute Gasteiger partial charge is 0.478 e. The van der Waals surface area contributed by atoms with Gasteiger partial charge in [-0.05, 0) is 19.1 Å². The molecule has 1 aromatic heterocycles. The maximum absolute atomic E-state index is 11.2. The molecule has 0 aliphatic carbocycles. The fourth-order valence-corrected chi connectivity index (χ4v) is 1.85. The molecular formula is C12H12N2O3. The van der Waals surface area contributed by atoms with E-state index in [1.54, 1.807) is 35.9 Å². The lowest BCUT2D eigenvalue weighted by Crippen LogP contribution is -2.23. The van der Waals surface area contributed by atoms with Crippen LogP contribution in [0.5, 0.6) is 0 Å². The van der Waals surface area contributed by atoms with E-state index in [9.17, 15) is 9.59 Å². The van der Waals surface area contributed by atoms with Crippen molar-refractivity contribution in [1.82, 2.24) is 4.57 Å². The van der Waals surface area contributed by atoms with E-state index in [2.05, 4.69) is 0 Å². The highest BCUT2D eigenvalue weighted by molar-refractivity contribution is 6.02. The molecule has 0 bridgehead atoms. The monoisotopic (exact) mass is 232 g/mol. The number of hydrogen-bond donors (Lipinski definition) is 2. The van der Waals surface area contributed by atoms with Gasteiger partial charge in [0, 0.05) is 11.6 Å². The fourth-order valence-electron chi connectivity index (χ4n) is 1.85. The van der Waals surface area contributed by atoms with Crippen LogP contribution < -0.4 is 5.73 Å². The normalized spacial score (nSPS) is 12.5. The number of aromatic nitrogens is 1. The summed E-state index contributed by atoms with van der Waals surface area (Å²) in [5.41, 5.74) is 5.92. The van der Waals surface area contributed by atoms with Gasteiger partial charge in [0.25, 0.3) is 0 Å². The molecule has 88 valence electrons. The number of carbonyl (C=O) groups excluding carboxylic acids is 1. The second kappa shape index (κ2) is 3.93. The van der Waals surface area contributed by atoms with Crippen LogP contribution in [0.25, 0.3) is 10.9 Å². The molecule has 0 radical (unpaired) electrons. The minimum absolute atomic E-state index is 0.167. The number of nitrogens with two attached hydrogens (primary N) is 1. The summed E-state index contributed by atoms with van der Waals surface area (Å²) >= 11 is 0. The number of para-hydroxylation sites is 1. The van der Waals surface area contributed by atoms with Gasteiger partial charge < -0.3 is 15.4 Å². The molecule has 3 N–H and O–H groups in total. The van der Waals surface area contributed by atoms with Gasteiger partial charge in [0.2, 0.25) is 5.91 Å². The number of fused-ring (bicyclic) bond motifs is 1. The van der Waals surface area contributed by atoms with Crippen molar-refractivity contribution in [3.63, 3.8) is 0 Å². The van der Waals surface area contributed by atoms with Gasteiger partial charge in [0.05, 0.1) is 11.1 Å². The molecule has 0 fully saturated rings. The first-order chi connectivity index (χ1) is 8.02. The Morgan fingerprint density at radius 3 is 2.65 bits per heavy atom. The molecule has 0 aliphatic heterocycles. The summed E-state index contributed by atoms with van der Waals surface area (Å²) in [7, 11) is 0. The number of aromatic carboxylic acids is 1. The van der Waals surface area contributed by atoms with Crippen LogP contribution >= 0.6 is 0 Å². The highest BCUT2D eigenvalue weighted by Gasteiger charge is 2.17. The molecular weight excluding hydrogens is 220 g/mol. The number of rotatable bonds is 3. The minimum Gasteiger partial charge on any atom is -0.478 e. The average Bonchev–Trinajstić information content (AvgIpc) is 2.70. The number of carboxylic acid groups (broad SMARTS) is 1. The molecule has 1 amide bonds. The second-order valence-electron chi connectivity index (χ2n) is 3.85. The van der Waals surface area contributed by atoms with Crippen molar-refractivity contribution in [3.05, 3.63) is 36.0 Å². The molecule has 0 spiro atoms. The van der Waals surface area contributed by atoms with Crippen molar-refractivity contribution in [2.75, 3.05) is 0 Å². The van der Waals surface area contributed by atoms with E-state index >= 15 is 0 Å². The first kappa shape index (κ1) is 11.2. The highest BCUT2D eigenvalue weighted by Crippen LogP contribution is 2.23. The summed E-state index contributed by atoms with van der Waals surface area (Å²) in [5, 5.41) is 9.89. The van der Waals surface area contributed by atoms with Crippen LogP contribution in [0.15, 0.2) is 30.5 Å². The van der Waals surface area contributed by atoms with Crippen LogP contribution in [0.3, 0.4) is 0 Å². The molecule has 5 nitrogen and oxygen atoms in total. The minimum atomic E-state index is -1.02. The highest BCUT2D eigenvalue weighted by atomic mass is 16.4. The Morgan fingerprint density at radius 1 is 1.35 bits per heavy atom. The number of amides is 1. The van der Waals surface area contributed by atoms with Crippen LogP contribution in [0, 0.1) is 0 Å². The zero-order valence-electron chi connectivity index (χ0n) is 9.25. The first-order valence-electron chi connectivity index (χ1n) is 5.14. The zero-order chi connectivity index (χ0) is 12.6. The van der Waals surface area contributed by atoms with E-state index in [0.29, 0.717) is 5.52 Å². The van der Waals surface area contributed by atoms with Crippen LogP contribution in [0.1, 0.15) is 23.3 Å². The quantitative estimate of drug-likeness (QED) is 0.838. The van der Waals surface area contributed by atoms with Crippen LogP contribution in [-0.4, -0.2) is 21.6 Å². The molecule has 1 atom stereocenters. The molecule has 0 aliphatic rings. The molecule has 1 unspecified atom stereocenters. The molecule has 0 saturated carbocycles. The summed E-state index contributed by atoms with van der Waals surface area (Å²) in [4.78, 5) is 22.3. The Balaban J connectivity index is 2.73. The molecule has 17 heavy (non-hydrogen) atoms. The van der Waals surface area contributed by atoms with Gasteiger partial charge in [-0.1, -0.05) is 12.1 Å². The lowest BCUT2D eigenvalue weighted by molar-refractivity contribution is -0.120. The zero-order valence-corrected chi connectivity index (χ0v) is 9.25. The summed E-state index contributed by atoms with van der Waals surface area (Å²) in [6.07, 6.45) is 1.67. The lowest BCUT2D eigenvalue weighted by atomic mass is 10.1. The second-order valence-corrected chi connectivity index (χ2v) is 3.85. The van der Waals surface area contributed by atoms with Gasteiger partial charge in [-0.25, -0.2) is 4.79 Å². The van der Waals surface area contributed by atoms with Gasteiger partial charge in [0.15, 0.2) is 0 Å². The SMILES string of the molecule is CC(C(N)=O)n1ccc2cccc(C(=O)O)c21. The van der Waals surface area contributed by atoms with E-state index in [4.69, 9.17) is 10.8 Å². The number of primary amides is 1. The van der Waals surface area contributed by atoms with E-state index in [-0.39, 0.29) is 5.56 Å². The van der Waals surface area contributed by atoms with E-state index < -0.39 is 17.9 Å². The Hall–Kier alpha value is -2.30. The van der Waals surface area contributed by atoms with E-state index in [1.807, 2.05) is 0 Å². The molecule has 5 heteroatoms. The van der Waals surface area contributed by atoms with Crippen molar-refractivity contribution in [2.45, 2.75) is 13.0 Å². The van der Waals surface area contributed by atoms with Crippen LogP contribution in [0.4, 0.5) is 0 Å². The third-order valence-corrected chi connectivity index (χ3v) is 2.80. The van der Waals surface area contributed by atoms with E-state index in [1.165, 1.54) is 6.07 Å². The lowest BCUT2D eigenvalue weighted by Gasteiger charge is -2.12. The van der Waals surface area contributed by atoms with Crippen molar-refractivity contribution in [3.8, 4) is 0 Å². The van der Waals surface area contributed by atoms with Gasteiger partial charge in [-0.2, -0.15) is 0 Å². The maximum Gasteiger partial charge on any atom is 0.337 e. The van der Waals surface area contributed by atoms with E-state index in [0.717, 1.165) is 5.39 Å². The predicted octanol–water partition coefficient (Wildman–Crippen LogP) is 1.39. The van der Waals surface area contributed by atoms with Crippen LogP contribution in [-0.2, 0) is 4.79 Å². The smallest absolute Gasteiger partial charge is 0.337 e. The number of carboxylic acids is 1. The van der Waals surface area contributed by atoms with Crippen molar-refractivity contribution >= 4 is 22.8 Å². The predicted molar refractivity (Wildman–Crippen MR) is 62.8 cm³/mol.